The van der Waals surface area contributed by atoms with Crippen molar-refractivity contribution in [3.8, 4) is 28.7 Å². The van der Waals surface area contributed by atoms with E-state index in [0.29, 0.717) is 39.3 Å². The minimum absolute atomic E-state index is 0.00403. The highest BCUT2D eigenvalue weighted by Gasteiger charge is 2.79. The smallest absolute Gasteiger partial charge is 0.338 e. The van der Waals surface area contributed by atoms with Crippen LogP contribution in [0.5, 0.6) is 28.7 Å². The van der Waals surface area contributed by atoms with Crippen LogP contribution in [-0.4, -0.2) is 151 Å². The topological polar surface area (TPSA) is 323 Å². The van der Waals surface area contributed by atoms with Gasteiger partial charge in [-0.3, -0.25) is 29.0 Å². The summed E-state index contributed by atoms with van der Waals surface area (Å²) in [6, 6.07) is 35.0. The minimum Gasteiger partial charge on any atom is -0.502 e. The van der Waals surface area contributed by atoms with Crippen molar-refractivity contribution in [1.29, 1.82) is 0 Å². The summed E-state index contributed by atoms with van der Waals surface area (Å²) in [5.41, 5.74) is -5.60. The molecule has 2 saturated heterocycles. The van der Waals surface area contributed by atoms with Crippen molar-refractivity contribution in [2.24, 2.45) is 33.6 Å². The molecule has 13 rings (SSSR count). The monoisotopic (exact) mass is 1370 g/mol. The molecule has 0 radical (unpaired) electrons. The van der Waals surface area contributed by atoms with Crippen molar-refractivity contribution in [2.45, 2.75) is 120 Å². The number of fused-ring (bicyclic) bond motifs is 8. The summed E-state index contributed by atoms with van der Waals surface area (Å²) in [5.74, 6) is -9.83. The number of carbonyl (C=O) groups excluding carboxylic acids is 8. The first-order chi connectivity index (χ1) is 47.8. The number of esters is 6. The van der Waals surface area contributed by atoms with E-state index in [4.69, 9.17) is 57.1 Å². The number of ether oxygens (including phenoxy) is 11. The molecule has 2 bridgehead atoms. The lowest BCUT2D eigenvalue weighted by molar-refractivity contribution is -0.345. The number of amides is 1. The van der Waals surface area contributed by atoms with E-state index in [2.05, 4.69) is 5.32 Å². The molecule has 4 N–H and O–H groups in total. The van der Waals surface area contributed by atoms with Crippen molar-refractivity contribution in [3.63, 3.8) is 0 Å². The Bertz CT molecular complexity index is 4300. The number of rotatable bonds is 17. The number of hydrogen-bond acceptors (Lipinski definition) is 23. The minimum atomic E-state index is -2.57. The lowest BCUT2D eigenvalue weighted by Crippen LogP contribution is -2.82. The van der Waals surface area contributed by atoms with Gasteiger partial charge in [-0.15, -0.1) is 0 Å². The molecule has 2 saturated carbocycles. The van der Waals surface area contributed by atoms with Gasteiger partial charge in [0.15, 0.2) is 46.6 Å². The lowest BCUT2D eigenvalue weighted by atomic mass is 9.44. The van der Waals surface area contributed by atoms with Crippen LogP contribution in [0.1, 0.15) is 131 Å². The van der Waals surface area contributed by atoms with Gasteiger partial charge in [0.25, 0.3) is 5.91 Å². The molecule has 4 aliphatic carbocycles. The van der Waals surface area contributed by atoms with Crippen molar-refractivity contribution in [1.82, 2.24) is 5.32 Å². The van der Waals surface area contributed by atoms with Crippen LogP contribution in [0.15, 0.2) is 156 Å². The largest absolute Gasteiger partial charge is 0.502 e. The van der Waals surface area contributed by atoms with E-state index in [9.17, 15) is 44.1 Å². The second-order valence-electron chi connectivity index (χ2n) is 27.0. The van der Waals surface area contributed by atoms with E-state index in [0.717, 1.165) is 13.8 Å². The Kier molecular flexibility index (Phi) is 17.9. The average Bonchev–Trinajstić information content (AvgIpc) is 0.788. The van der Waals surface area contributed by atoms with Gasteiger partial charge in [-0.05, 0) is 113 Å². The third-order valence-corrected chi connectivity index (χ3v) is 21.2. The number of nitrogens with one attached hydrogen (secondary N) is 1. The molecule has 0 aromatic heterocycles. The van der Waals surface area contributed by atoms with E-state index in [-0.39, 0.29) is 64.9 Å². The maximum absolute atomic E-state index is 16.7. The van der Waals surface area contributed by atoms with Crippen LogP contribution in [0.25, 0.3) is 0 Å². The number of carbonyl (C=O) groups is 8. The summed E-state index contributed by atoms with van der Waals surface area (Å²) < 4.78 is 66.7. The fourth-order valence-corrected chi connectivity index (χ4v) is 16.2. The molecule has 6 aromatic rings. The number of phenols is 1. The zero-order valence-electron chi connectivity index (χ0n) is 55.9. The number of ketones is 1. The quantitative estimate of drug-likeness (QED) is 0.0289. The number of nitrogens with zero attached hydrogens (tertiary/aromatic N) is 1. The van der Waals surface area contributed by atoms with Gasteiger partial charge in [0, 0.05) is 55.7 Å². The van der Waals surface area contributed by atoms with Gasteiger partial charge in [-0.25, -0.2) is 14.4 Å². The summed E-state index contributed by atoms with van der Waals surface area (Å²) in [5, 5.41) is 40.1. The zero-order chi connectivity index (χ0) is 70.9. The average molecular weight is 1370 g/mol. The number of aliphatic hydroxyl groups is 2. The highest BCUT2D eigenvalue weighted by molar-refractivity contribution is 5.98. The highest BCUT2D eigenvalue weighted by Crippen LogP contribution is 2.65. The van der Waals surface area contributed by atoms with Gasteiger partial charge in [0.05, 0.1) is 67.9 Å². The van der Waals surface area contributed by atoms with Crippen LogP contribution < -0.4 is 24.3 Å². The maximum Gasteiger partial charge on any atom is 0.338 e. The summed E-state index contributed by atoms with van der Waals surface area (Å²) in [4.78, 5) is 122. The Labute approximate surface area is 574 Å². The van der Waals surface area contributed by atoms with Gasteiger partial charge in [0.2, 0.25) is 12.5 Å². The van der Waals surface area contributed by atoms with E-state index in [1.54, 1.807) is 109 Å². The van der Waals surface area contributed by atoms with Crippen LogP contribution in [0.2, 0.25) is 0 Å². The second-order valence-corrected chi connectivity index (χ2v) is 27.0. The first kappa shape index (κ1) is 68.1. The number of hydrogen-bond donors (Lipinski definition) is 4. The van der Waals surface area contributed by atoms with Crippen molar-refractivity contribution >= 4 is 53.7 Å². The van der Waals surface area contributed by atoms with Crippen molar-refractivity contribution in [3.05, 3.63) is 195 Å². The van der Waals surface area contributed by atoms with Gasteiger partial charge in [0.1, 0.15) is 30.0 Å². The third-order valence-electron chi connectivity index (χ3n) is 21.2. The molecule has 1 amide bonds. The predicted octanol–water partition coefficient (Wildman–Crippen LogP) is 8.15. The van der Waals surface area contributed by atoms with Crippen LogP contribution in [0, 0.1) is 28.6 Å². The molecule has 24 heteroatoms. The molecular weight excluding hydrogens is 1290 g/mol. The van der Waals surface area contributed by atoms with Crippen LogP contribution in [0.4, 0.5) is 0 Å². The van der Waals surface area contributed by atoms with Gasteiger partial charge >= 0.3 is 35.8 Å². The number of aliphatic imine (C=N–C) groups is 1. The Morgan fingerprint density at radius 3 is 1.92 bits per heavy atom. The van der Waals surface area contributed by atoms with E-state index < -0.39 is 155 Å². The molecule has 4 fully saturated rings. The SMILES string of the molecule is COc1cc([C@@H]2c3cc4c(cc3[C@@H](N=Cc3ccc(C(=O)O[C@H]5C[C@H]6OC[C@@]6(OC(C)=O)[C@H]6[C@H](OC(=O)c7ccccc7)[C@]7(O)C[C@H](OC(=O)[C@H](O)[C@@H](NC(=O)c8ccccc8)c8ccccc8)C(C)=C([C@@H](OC(C)=O)C(=O)[C@]56C)C7(C)C)cc3)[C@H]3COC(=O)[C@H]23)OCO4)cc(OC)c1O. The maximum atomic E-state index is 16.7. The zero-order valence-corrected chi connectivity index (χ0v) is 55.9. The standard InChI is InChI=1S/C76H74N2O22/c1-38-54(97-72(88)63(82)60(42-18-12-9-13-19-42)78-68(84)43-20-14-10-15-21-43)33-76(89)67(99-70(86)44-22-16-11-17-23-44)65-74(6,66(83)64(96-39(2)79)59(38)73(76,4)5)55(32-56-75(65,36-93-56)100-40(3)80)98-69(85)45-26-24-41(25-27-45)34-77-61-48-31-51-50(94-37-95-51)30-47(48)57(58-49(61)35-92-71(58)87)46-28-52(90-7)62(81)53(29-46)91-8/h9-31,34,49,54-58,60-61,63-65,67,81-82,89H,32-33,35-37H2,1-8H3,(H,78,84)/t49-,54-,55-,56+,57+,58-,60-,61+,63+,64+,65-,67-,74+,75-,76+/m0/s1. The number of cyclic esters (lactones) is 1. The fraction of sp³-hybridized carbons (Fsp3) is 0.382. The van der Waals surface area contributed by atoms with Gasteiger partial charge < -0.3 is 72.7 Å². The summed E-state index contributed by atoms with van der Waals surface area (Å²) in [6.07, 6.45) is -9.96. The highest BCUT2D eigenvalue weighted by atomic mass is 16.7. The third kappa shape index (κ3) is 11.5. The molecular formula is C76H74N2O22. The van der Waals surface area contributed by atoms with Crippen LogP contribution in [-0.2, 0) is 57.1 Å². The Balaban J connectivity index is 0.867. The Morgan fingerprint density at radius 2 is 1.32 bits per heavy atom. The van der Waals surface area contributed by atoms with E-state index in [1.165, 1.54) is 66.2 Å². The number of aromatic hydroxyl groups is 1. The van der Waals surface area contributed by atoms with Crippen molar-refractivity contribution in [2.75, 3.05) is 34.2 Å². The molecule has 15 atom stereocenters. The summed E-state index contributed by atoms with van der Waals surface area (Å²) >= 11 is 0. The lowest BCUT2D eigenvalue weighted by Gasteiger charge is -2.67. The normalized spacial score (nSPS) is 28.7. The molecule has 6 aromatic carbocycles. The molecule has 0 unspecified atom stereocenters. The molecule has 0 spiro atoms. The number of phenolic OH excluding ortho intramolecular Hbond substituents is 1. The first-order valence-corrected chi connectivity index (χ1v) is 32.7. The molecule has 7 aliphatic rings. The number of methoxy groups -OCH3 is 2. The number of benzene rings is 6. The fourth-order valence-electron chi connectivity index (χ4n) is 16.2. The second kappa shape index (κ2) is 26.3. The van der Waals surface area contributed by atoms with E-state index in [1.807, 2.05) is 12.1 Å². The van der Waals surface area contributed by atoms with Crippen LogP contribution >= 0.6 is 0 Å². The van der Waals surface area contributed by atoms with Crippen LogP contribution in [0.3, 0.4) is 0 Å². The van der Waals surface area contributed by atoms with Gasteiger partial charge in [-0.1, -0.05) is 92.7 Å². The molecule has 3 heterocycles. The Morgan fingerprint density at radius 1 is 0.720 bits per heavy atom. The predicted molar refractivity (Wildman–Crippen MR) is 351 cm³/mol. The van der Waals surface area contributed by atoms with E-state index >= 15 is 9.59 Å². The number of aliphatic hydroxyl groups excluding tert-OH is 1. The molecule has 520 valence electrons. The first-order valence-electron chi connectivity index (χ1n) is 32.7. The number of Topliss-reactive ketones (excluding diaryl/α,β-unsaturated/α-hetero) is 1. The summed E-state index contributed by atoms with van der Waals surface area (Å²) in [6.45, 7) is 7.73. The Hall–Kier alpha value is -10.4. The van der Waals surface area contributed by atoms with Crippen molar-refractivity contribution < 1.29 is 106 Å². The summed E-state index contributed by atoms with van der Waals surface area (Å²) in [7, 11) is 2.82. The molecule has 100 heavy (non-hydrogen) atoms. The molecule has 3 aliphatic heterocycles. The molecule has 24 nitrogen and oxygen atoms in total. The van der Waals surface area contributed by atoms with Gasteiger partial charge in [-0.2, -0.15) is 0 Å².